The number of fused-ring (bicyclic) bond motifs is 1. The lowest BCUT2D eigenvalue weighted by molar-refractivity contribution is -0.153. The molecule has 0 spiro atoms. The highest BCUT2D eigenvalue weighted by atomic mass is 19.1. The van der Waals surface area contributed by atoms with Crippen LogP contribution < -0.4 is 4.74 Å². The summed E-state index contributed by atoms with van der Waals surface area (Å²) >= 11 is 0. The number of Topliss-reactive ketones (excluding diaryl/α,β-unsaturated/α-hetero) is 1. The molecule has 0 atom stereocenters. The highest BCUT2D eigenvalue weighted by molar-refractivity contribution is 6.29. The first kappa shape index (κ1) is 18.7. The number of aromatic nitrogens is 1. The molecule has 0 saturated heterocycles. The number of rotatable bonds is 4. The first-order valence-electron chi connectivity index (χ1n) is 8.44. The van der Waals surface area contributed by atoms with Crippen LogP contribution in [0.3, 0.4) is 0 Å². The molecule has 0 radical (unpaired) electrons. The van der Waals surface area contributed by atoms with Crippen LogP contribution in [0.2, 0.25) is 0 Å². The molecule has 0 unspecified atom stereocenters. The minimum atomic E-state index is -0.618. The number of benzene rings is 1. The molecule has 1 aliphatic rings. The summed E-state index contributed by atoms with van der Waals surface area (Å²) in [5, 5.41) is 0. The Labute approximate surface area is 156 Å². The maximum absolute atomic E-state index is 14.4. The van der Waals surface area contributed by atoms with Crippen molar-refractivity contribution in [3.8, 4) is 11.5 Å². The van der Waals surface area contributed by atoms with Gasteiger partial charge in [-0.15, -0.1) is 0 Å². The van der Waals surface area contributed by atoms with Crippen molar-refractivity contribution in [2.45, 2.75) is 39.2 Å². The lowest BCUT2D eigenvalue weighted by Crippen LogP contribution is -2.24. The Bertz CT molecular complexity index is 932. The van der Waals surface area contributed by atoms with Crippen molar-refractivity contribution in [1.29, 1.82) is 0 Å². The van der Waals surface area contributed by atoms with Crippen molar-refractivity contribution in [1.82, 2.24) is 4.98 Å². The molecule has 0 N–H and O–H groups in total. The van der Waals surface area contributed by atoms with Crippen LogP contribution in [0, 0.1) is 5.82 Å². The van der Waals surface area contributed by atoms with Gasteiger partial charge >= 0.3 is 5.97 Å². The molecule has 0 saturated carbocycles. The van der Waals surface area contributed by atoms with E-state index in [0.717, 1.165) is 0 Å². The van der Waals surface area contributed by atoms with Gasteiger partial charge < -0.3 is 9.47 Å². The SMILES string of the molecule is CC(C)(C)OC(=O)Cc1ccc(Oc2ccnc3c2CC(=O)C=N3)c(F)c1. The summed E-state index contributed by atoms with van der Waals surface area (Å²) in [5.41, 5.74) is 0.395. The van der Waals surface area contributed by atoms with Gasteiger partial charge in [-0.2, -0.15) is 0 Å². The van der Waals surface area contributed by atoms with Crippen LogP contribution in [-0.4, -0.2) is 28.6 Å². The molecule has 1 aromatic carbocycles. The van der Waals surface area contributed by atoms with E-state index < -0.39 is 17.4 Å². The van der Waals surface area contributed by atoms with Gasteiger partial charge in [0.15, 0.2) is 23.2 Å². The van der Waals surface area contributed by atoms with Gasteiger partial charge in [0.05, 0.1) is 12.6 Å². The van der Waals surface area contributed by atoms with Gasteiger partial charge in [0.1, 0.15) is 11.4 Å². The van der Waals surface area contributed by atoms with Crippen LogP contribution in [0.15, 0.2) is 35.5 Å². The van der Waals surface area contributed by atoms with Crippen molar-refractivity contribution in [2.24, 2.45) is 4.99 Å². The largest absolute Gasteiger partial charge is 0.460 e. The predicted molar refractivity (Wildman–Crippen MR) is 97.1 cm³/mol. The average Bonchev–Trinajstić information content (AvgIpc) is 2.56. The number of ether oxygens (including phenoxy) is 2. The Morgan fingerprint density at radius 3 is 2.70 bits per heavy atom. The second-order valence-corrected chi connectivity index (χ2v) is 7.14. The van der Waals surface area contributed by atoms with Gasteiger partial charge in [0, 0.05) is 18.2 Å². The highest BCUT2D eigenvalue weighted by Crippen LogP contribution is 2.33. The first-order valence-corrected chi connectivity index (χ1v) is 8.44. The molecule has 3 rings (SSSR count). The van der Waals surface area contributed by atoms with Gasteiger partial charge in [-0.1, -0.05) is 6.07 Å². The number of ketones is 1. The van der Waals surface area contributed by atoms with Crippen molar-refractivity contribution in [2.75, 3.05) is 0 Å². The summed E-state index contributed by atoms with van der Waals surface area (Å²) in [4.78, 5) is 31.5. The predicted octanol–water partition coefficient (Wildman–Crippen LogP) is 3.72. The normalized spacial score (nSPS) is 13.3. The van der Waals surface area contributed by atoms with Gasteiger partial charge in [-0.05, 0) is 44.5 Å². The molecule has 0 fully saturated rings. The van der Waals surface area contributed by atoms with Crippen LogP contribution in [0.1, 0.15) is 31.9 Å². The van der Waals surface area contributed by atoms with E-state index in [1.165, 1.54) is 24.5 Å². The average molecular weight is 370 g/mol. The van der Waals surface area contributed by atoms with Gasteiger partial charge in [-0.25, -0.2) is 14.4 Å². The number of aliphatic imine (C=N–C) groups is 1. The van der Waals surface area contributed by atoms with Crippen molar-refractivity contribution in [3.63, 3.8) is 0 Å². The van der Waals surface area contributed by atoms with Crippen LogP contribution in [0.5, 0.6) is 11.5 Å². The zero-order valence-corrected chi connectivity index (χ0v) is 15.3. The Morgan fingerprint density at radius 1 is 1.22 bits per heavy atom. The van der Waals surface area contributed by atoms with Gasteiger partial charge in [0.2, 0.25) is 0 Å². The summed E-state index contributed by atoms with van der Waals surface area (Å²) < 4.78 is 25.3. The minimum Gasteiger partial charge on any atom is -0.460 e. The Morgan fingerprint density at radius 2 is 2.00 bits per heavy atom. The fraction of sp³-hybridized carbons (Fsp3) is 0.300. The maximum atomic E-state index is 14.4. The van der Waals surface area contributed by atoms with E-state index in [2.05, 4.69) is 9.98 Å². The summed E-state index contributed by atoms with van der Waals surface area (Å²) in [6.45, 7) is 5.31. The summed E-state index contributed by atoms with van der Waals surface area (Å²) in [6, 6.07) is 5.83. The lowest BCUT2D eigenvalue weighted by atomic mass is 10.1. The first-order chi connectivity index (χ1) is 12.7. The fourth-order valence-electron chi connectivity index (χ4n) is 2.59. The van der Waals surface area contributed by atoms with Crippen LogP contribution in [0.4, 0.5) is 10.2 Å². The van der Waals surface area contributed by atoms with Crippen molar-refractivity contribution >= 4 is 23.8 Å². The molecule has 7 heteroatoms. The third kappa shape index (κ3) is 4.75. The zero-order valence-electron chi connectivity index (χ0n) is 15.3. The molecule has 1 aromatic heterocycles. The Hall–Kier alpha value is -3.09. The number of halogens is 1. The van der Waals surface area contributed by atoms with Gasteiger partial charge in [-0.3, -0.25) is 9.59 Å². The smallest absolute Gasteiger partial charge is 0.310 e. The quantitative estimate of drug-likeness (QED) is 0.767. The summed E-state index contributed by atoms with van der Waals surface area (Å²) in [7, 11) is 0. The molecular weight excluding hydrogens is 351 g/mol. The summed E-state index contributed by atoms with van der Waals surface area (Å²) in [5.74, 6) is -0.535. The van der Waals surface area contributed by atoms with E-state index in [0.29, 0.717) is 22.7 Å². The second-order valence-electron chi connectivity index (χ2n) is 7.14. The molecule has 0 aliphatic carbocycles. The van der Waals surface area contributed by atoms with E-state index in [1.54, 1.807) is 32.9 Å². The zero-order chi connectivity index (χ0) is 19.6. The molecule has 140 valence electrons. The monoisotopic (exact) mass is 370 g/mol. The van der Waals surface area contributed by atoms with Crippen LogP contribution >= 0.6 is 0 Å². The van der Waals surface area contributed by atoms with Crippen LogP contribution in [0.25, 0.3) is 0 Å². The number of carbonyl (C=O) groups is 2. The molecule has 6 nitrogen and oxygen atoms in total. The minimum absolute atomic E-state index is 0.0154. The number of pyridine rings is 1. The maximum Gasteiger partial charge on any atom is 0.310 e. The molecule has 0 bridgehead atoms. The molecule has 1 aliphatic heterocycles. The van der Waals surface area contributed by atoms with Crippen molar-refractivity contribution in [3.05, 3.63) is 47.4 Å². The number of hydrogen-bond acceptors (Lipinski definition) is 6. The Balaban J connectivity index is 1.77. The standard InChI is InChI=1S/C20H19FN2O4/c1-20(2,3)27-18(25)9-12-4-5-17(15(21)8-12)26-16-6-7-22-19-14(16)10-13(24)11-23-19/h4-8,11H,9-10H2,1-3H3. The van der Waals surface area contributed by atoms with E-state index in [9.17, 15) is 14.0 Å². The third-order valence-corrected chi connectivity index (χ3v) is 3.66. The highest BCUT2D eigenvalue weighted by Gasteiger charge is 2.20. The fourth-order valence-corrected chi connectivity index (χ4v) is 2.59. The van der Waals surface area contributed by atoms with E-state index in [4.69, 9.17) is 9.47 Å². The number of carbonyl (C=O) groups excluding carboxylic acids is 2. The Kier molecular flexibility index (Phi) is 5.03. The summed E-state index contributed by atoms with van der Waals surface area (Å²) in [6.07, 6.45) is 2.75. The molecular formula is C20H19FN2O4. The van der Waals surface area contributed by atoms with E-state index in [1.807, 2.05) is 0 Å². The molecule has 2 heterocycles. The number of nitrogens with zero attached hydrogens (tertiary/aromatic N) is 2. The topological polar surface area (TPSA) is 77.9 Å². The van der Waals surface area contributed by atoms with E-state index in [-0.39, 0.29) is 24.4 Å². The second kappa shape index (κ2) is 7.26. The third-order valence-electron chi connectivity index (χ3n) is 3.66. The lowest BCUT2D eigenvalue weighted by Gasteiger charge is -2.19. The van der Waals surface area contributed by atoms with Crippen molar-refractivity contribution < 1.29 is 23.5 Å². The van der Waals surface area contributed by atoms with E-state index >= 15 is 0 Å². The van der Waals surface area contributed by atoms with Gasteiger partial charge in [0.25, 0.3) is 0 Å². The van der Waals surface area contributed by atoms with Crippen LogP contribution in [-0.2, 0) is 27.2 Å². The number of esters is 1. The molecule has 2 aromatic rings. The number of hydrogen-bond donors (Lipinski definition) is 0. The molecule has 27 heavy (non-hydrogen) atoms. The molecule has 0 amide bonds.